The maximum atomic E-state index is 11.5. The molecule has 0 spiro atoms. The van der Waals surface area contributed by atoms with Gasteiger partial charge in [-0.05, 0) is 14.1 Å². The van der Waals surface area contributed by atoms with Crippen molar-refractivity contribution in [1.29, 1.82) is 0 Å². The Bertz CT molecular complexity index is 551. The molecule has 2 aromatic heterocycles. The van der Waals surface area contributed by atoms with Crippen LogP contribution in [0.1, 0.15) is 0 Å². The molecule has 8 heteroatoms. The summed E-state index contributed by atoms with van der Waals surface area (Å²) in [4.78, 5) is 28.0. The average molecular weight is 255 g/mol. The molecule has 90 valence electrons. The van der Waals surface area contributed by atoms with Crippen molar-refractivity contribution < 1.29 is 4.79 Å². The van der Waals surface area contributed by atoms with Gasteiger partial charge in [-0.15, -0.1) is 0 Å². The lowest BCUT2D eigenvalue weighted by Crippen LogP contribution is -2.27. The number of anilines is 1. The lowest BCUT2D eigenvalue weighted by Gasteiger charge is -2.08. The first-order chi connectivity index (χ1) is 8.06. The number of hydrogen-bond donors (Lipinski definition) is 2. The van der Waals surface area contributed by atoms with Crippen LogP contribution in [-0.2, 0) is 4.79 Å². The van der Waals surface area contributed by atoms with Gasteiger partial charge in [0.1, 0.15) is 5.52 Å². The van der Waals surface area contributed by atoms with Crippen LogP contribution >= 0.6 is 11.6 Å². The minimum absolute atomic E-state index is 0.154. The van der Waals surface area contributed by atoms with Crippen LogP contribution < -0.4 is 5.32 Å². The molecule has 0 atom stereocenters. The number of likely N-dealkylation sites (N-methyl/N-ethyl adjacent to an activating group) is 1. The van der Waals surface area contributed by atoms with Crippen molar-refractivity contribution in [3.05, 3.63) is 11.5 Å². The molecule has 0 saturated heterocycles. The largest absolute Gasteiger partial charge is 0.341 e. The summed E-state index contributed by atoms with van der Waals surface area (Å²) < 4.78 is 0. The Kier molecular flexibility index (Phi) is 3.21. The first-order valence-electron chi connectivity index (χ1n) is 4.87. The van der Waals surface area contributed by atoms with Gasteiger partial charge in [0.05, 0.1) is 12.9 Å². The van der Waals surface area contributed by atoms with Gasteiger partial charge in [-0.1, -0.05) is 11.6 Å². The second-order valence-corrected chi connectivity index (χ2v) is 4.08. The SMILES string of the molecule is CN(C)CC(=O)Nc1nc(Cl)c2[nH]cnc2n1. The summed E-state index contributed by atoms with van der Waals surface area (Å²) in [6.45, 7) is 0.250. The zero-order valence-corrected chi connectivity index (χ0v) is 10.1. The Hall–Kier alpha value is -1.73. The van der Waals surface area contributed by atoms with Crippen LogP contribution in [0.25, 0.3) is 11.2 Å². The number of carbonyl (C=O) groups is 1. The van der Waals surface area contributed by atoms with E-state index in [4.69, 9.17) is 11.6 Å². The smallest absolute Gasteiger partial charge is 0.240 e. The van der Waals surface area contributed by atoms with E-state index >= 15 is 0 Å². The highest BCUT2D eigenvalue weighted by molar-refractivity contribution is 6.33. The number of imidazole rings is 1. The van der Waals surface area contributed by atoms with Gasteiger partial charge in [-0.25, -0.2) is 4.98 Å². The summed E-state index contributed by atoms with van der Waals surface area (Å²) in [7, 11) is 3.59. The van der Waals surface area contributed by atoms with Crippen molar-refractivity contribution in [3.8, 4) is 0 Å². The summed E-state index contributed by atoms with van der Waals surface area (Å²) in [6, 6.07) is 0. The predicted molar refractivity (Wildman–Crippen MR) is 63.9 cm³/mol. The molecule has 0 unspecified atom stereocenters. The summed E-state index contributed by atoms with van der Waals surface area (Å²) in [6.07, 6.45) is 1.47. The summed E-state index contributed by atoms with van der Waals surface area (Å²) >= 11 is 5.91. The van der Waals surface area contributed by atoms with Crippen molar-refractivity contribution in [1.82, 2.24) is 24.8 Å². The number of aromatic amines is 1. The van der Waals surface area contributed by atoms with Gasteiger partial charge in [-0.2, -0.15) is 9.97 Å². The third-order valence-corrected chi connectivity index (χ3v) is 2.23. The van der Waals surface area contributed by atoms with Crippen LogP contribution in [0, 0.1) is 0 Å². The Balaban J connectivity index is 2.21. The van der Waals surface area contributed by atoms with E-state index in [0.29, 0.717) is 11.2 Å². The van der Waals surface area contributed by atoms with E-state index in [1.165, 1.54) is 6.33 Å². The van der Waals surface area contributed by atoms with E-state index < -0.39 is 0 Å². The molecule has 0 saturated carbocycles. The number of fused-ring (bicyclic) bond motifs is 1. The molecule has 0 aromatic carbocycles. The minimum Gasteiger partial charge on any atom is -0.341 e. The van der Waals surface area contributed by atoms with E-state index in [0.717, 1.165) is 0 Å². The van der Waals surface area contributed by atoms with Crippen LogP contribution in [0.5, 0.6) is 0 Å². The van der Waals surface area contributed by atoms with Gasteiger partial charge in [0.15, 0.2) is 10.8 Å². The molecule has 2 rings (SSSR count). The Morgan fingerprint density at radius 1 is 1.53 bits per heavy atom. The number of nitrogens with one attached hydrogen (secondary N) is 2. The lowest BCUT2D eigenvalue weighted by molar-refractivity contribution is -0.116. The molecule has 2 aromatic rings. The van der Waals surface area contributed by atoms with Crippen molar-refractivity contribution in [3.63, 3.8) is 0 Å². The second-order valence-electron chi connectivity index (χ2n) is 3.73. The summed E-state index contributed by atoms with van der Waals surface area (Å²) in [5.41, 5.74) is 0.974. The van der Waals surface area contributed by atoms with Gasteiger partial charge in [0.25, 0.3) is 0 Å². The first-order valence-corrected chi connectivity index (χ1v) is 5.25. The van der Waals surface area contributed by atoms with E-state index in [9.17, 15) is 4.79 Å². The quantitative estimate of drug-likeness (QED) is 0.780. The molecular weight excluding hydrogens is 244 g/mol. The highest BCUT2D eigenvalue weighted by Gasteiger charge is 2.10. The maximum Gasteiger partial charge on any atom is 0.240 e. The molecule has 0 fully saturated rings. The number of carbonyl (C=O) groups excluding carboxylic acids is 1. The first kappa shape index (κ1) is 11.7. The van der Waals surface area contributed by atoms with Crippen LogP contribution in [0.15, 0.2) is 6.33 Å². The monoisotopic (exact) mass is 254 g/mol. The molecule has 0 aliphatic carbocycles. The molecule has 0 radical (unpaired) electrons. The van der Waals surface area contributed by atoms with E-state index in [1.54, 1.807) is 19.0 Å². The van der Waals surface area contributed by atoms with Gasteiger partial charge >= 0.3 is 0 Å². The maximum absolute atomic E-state index is 11.5. The highest BCUT2D eigenvalue weighted by Crippen LogP contribution is 2.17. The third-order valence-electron chi connectivity index (χ3n) is 1.95. The Labute approximate surface area is 102 Å². The fourth-order valence-corrected chi connectivity index (χ4v) is 1.52. The highest BCUT2D eigenvalue weighted by atomic mass is 35.5. The number of aromatic nitrogens is 4. The number of hydrogen-bond acceptors (Lipinski definition) is 5. The number of nitrogens with zero attached hydrogens (tertiary/aromatic N) is 4. The van der Waals surface area contributed by atoms with Crippen molar-refractivity contribution in [2.45, 2.75) is 0 Å². The molecule has 17 heavy (non-hydrogen) atoms. The molecule has 2 N–H and O–H groups in total. The number of amides is 1. The van der Waals surface area contributed by atoms with E-state index in [2.05, 4.69) is 25.3 Å². The van der Waals surface area contributed by atoms with E-state index in [1.807, 2.05) is 0 Å². The molecule has 0 bridgehead atoms. The van der Waals surface area contributed by atoms with Gasteiger partial charge < -0.3 is 9.88 Å². The molecule has 2 heterocycles. The molecule has 7 nitrogen and oxygen atoms in total. The number of H-pyrrole nitrogens is 1. The molecule has 0 aliphatic rings. The van der Waals surface area contributed by atoms with Crippen molar-refractivity contribution in [2.24, 2.45) is 0 Å². The second kappa shape index (κ2) is 4.64. The normalized spacial score (nSPS) is 11.1. The van der Waals surface area contributed by atoms with Crippen LogP contribution in [0.2, 0.25) is 5.15 Å². The van der Waals surface area contributed by atoms with Crippen LogP contribution in [-0.4, -0.2) is 51.4 Å². The fraction of sp³-hybridized carbons (Fsp3) is 0.333. The molecule has 0 aliphatic heterocycles. The van der Waals surface area contributed by atoms with Gasteiger partial charge in [0.2, 0.25) is 11.9 Å². The van der Waals surface area contributed by atoms with E-state index in [-0.39, 0.29) is 23.6 Å². The molecule has 1 amide bonds. The standard InChI is InChI=1S/C9H11ClN6O/c1-16(2)3-5(17)13-9-14-7(10)6-8(15-9)12-4-11-6/h4H,3H2,1-2H3,(H2,11,12,13,14,15,17). The zero-order chi connectivity index (χ0) is 12.4. The number of rotatable bonds is 3. The van der Waals surface area contributed by atoms with Gasteiger partial charge in [-0.3, -0.25) is 10.1 Å². The summed E-state index contributed by atoms with van der Waals surface area (Å²) in [5, 5.41) is 2.78. The predicted octanol–water partition coefficient (Wildman–Crippen LogP) is 0.506. The van der Waals surface area contributed by atoms with Crippen LogP contribution in [0.4, 0.5) is 5.95 Å². The van der Waals surface area contributed by atoms with Crippen LogP contribution in [0.3, 0.4) is 0 Å². The summed E-state index contributed by atoms with van der Waals surface area (Å²) in [5.74, 6) is -0.0533. The third kappa shape index (κ3) is 2.69. The zero-order valence-electron chi connectivity index (χ0n) is 9.36. The molecular formula is C9H11ClN6O. The minimum atomic E-state index is -0.207. The topological polar surface area (TPSA) is 86.8 Å². The average Bonchev–Trinajstić information content (AvgIpc) is 2.64. The number of halogens is 1. The van der Waals surface area contributed by atoms with Crippen molar-refractivity contribution >= 4 is 34.6 Å². The van der Waals surface area contributed by atoms with Gasteiger partial charge in [0, 0.05) is 0 Å². The lowest BCUT2D eigenvalue weighted by atomic mass is 10.5. The fourth-order valence-electron chi connectivity index (χ4n) is 1.31. The Morgan fingerprint density at radius 2 is 2.29 bits per heavy atom. The Morgan fingerprint density at radius 3 is 3.00 bits per heavy atom. The van der Waals surface area contributed by atoms with Crippen molar-refractivity contribution in [2.75, 3.05) is 26.0 Å².